The first-order valence-corrected chi connectivity index (χ1v) is 8.28. The lowest BCUT2D eigenvalue weighted by atomic mass is 10.1. The fraction of sp³-hybridized carbons (Fsp3) is 0.462. The number of hydrogen-bond acceptors (Lipinski definition) is 9. The van der Waals surface area contributed by atoms with E-state index in [4.69, 9.17) is 17.3 Å². The molecule has 6 N–H and O–H groups in total. The summed E-state index contributed by atoms with van der Waals surface area (Å²) in [5.41, 5.74) is 8.38. The van der Waals surface area contributed by atoms with Crippen LogP contribution in [-0.2, 0) is 0 Å². The SMILES string of the molecule is Nc1nc(Cl)c(-c2cscn2)c(N[C@@H]2C[C@H](CO)[C@@H](O)[C@H]2O)n1. The van der Waals surface area contributed by atoms with Gasteiger partial charge in [0.2, 0.25) is 5.95 Å². The van der Waals surface area contributed by atoms with Gasteiger partial charge in [0.05, 0.1) is 28.9 Å². The number of nitrogens with two attached hydrogens (primary N) is 1. The summed E-state index contributed by atoms with van der Waals surface area (Å²) in [7, 11) is 0. The predicted molar refractivity (Wildman–Crippen MR) is 87.2 cm³/mol. The fourth-order valence-corrected chi connectivity index (χ4v) is 3.56. The Bertz CT molecular complexity index is 686. The summed E-state index contributed by atoms with van der Waals surface area (Å²) >= 11 is 7.57. The molecule has 8 nitrogen and oxygen atoms in total. The minimum atomic E-state index is -1.04. The summed E-state index contributed by atoms with van der Waals surface area (Å²) in [4.78, 5) is 12.3. The summed E-state index contributed by atoms with van der Waals surface area (Å²) < 4.78 is 0. The molecular weight excluding hydrogens is 342 g/mol. The molecule has 4 atom stereocenters. The maximum atomic E-state index is 10.1. The molecule has 0 spiro atoms. The lowest BCUT2D eigenvalue weighted by Crippen LogP contribution is -2.35. The molecule has 10 heteroatoms. The third kappa shape index (κ3) is 3.10. The second kappa shape index (κ2) is 6.54. The smallest absolute Gasteiger partial charge is 0.223 e. The zero-order valence-corrected chi connectivity index (χ0v) is 13.5. The van der Waals surface area contributed by atoms with Crippen LogP contribution in [0.5, 0.6) is 0 Å². The highest BCUT2D eigenvalue weighted by Gasteiger charge is 2.41. The maximum Gasteiger partial charge on any atom is 0.223 e. The van der Waals surface area contributed by atoms with Crippen molar-refractivity contribution in [3.8, 4) is 11.3 Å². The van der Waals surface area contributed by atoms with Gasteiger partial charge < -0.3 is 26.4 Å². The summed E-state index contributed by atoms with van der Waals surface area (Å²) in [6.07, 6.45) is -1.66. The molecule has 0 aromatic carbocycles. The largest absolute Gasteiger partial charge is 0.396 e. The van der Waals surface area contributed by atoms with Crippen molar-refractivity contribution in [3.63, 3.8) is 0 Å². The van der Waals surface area contributed by atoms with Gasteiger partial charge >= 0.3 is 0 Å². The number of hydrogen-bond donors (Lipinski definition) is 5. The number of aliphatic hydroxyl groups is 3. The molecule has 1 aliphatic carbocycles. The van der Waals surface area contributed by atoms with E-state index in [1.807, 2.05) is 0 Å². The lowest BCUT2D eigenvalue weighted by Gasteiger charge is -2.20. The molecule has 0 unspecified atom stereocenters. The quantitative estimate of drug-likeness (QED) is 0.494. The van der Waals surface area contributed by atoms with E-state index < -0.39 is 24.2 Å². The predicted octanol–water partition coefficient (Wildman–Crippen LogP) is 0.350. The summed E-state index contributed by atoms with van der Waals surface area (Å²) in [5.74, 6) is -0.0775. The van der Waals surface area contributed by atoms with Crippen LogP contribution >= 0.6 is 22.9 Å². The summed E-state index contributed by atoms with van der Waals surface area (Å²) in [6, 6.07) is -0.495. The van der Waals surface area contributed by atoms with E-state index in [0.29, 0.717) is 23.5 Å². The highest BCUT2D eigenvalue weighted by Crippen LogP contribution is 2.35. The van der Waals surface area contributed by atoms with Gasteiger partial charge in [0.25, 0.3) is 0 Å². The van der Waals surface area contributed by atoms with Gasteiger partial charge in [-0.2, -0.15) is 4.98 Å². The van der Waals surface area contributed by atoms with Gasteiger partial charge in [0.15, 0.2) is 0 Å². The first kappa shape index (κ1) is 16.3. The standard InChI is InChI=1S/C13H16ClN5O3S/c14-11-8(7-3-23-4-16-7)12(19-13(15)18-11)17-6-1-5(2-20)9(21)10(6)22/h3-6,9-10,20-22H,1-2H2,(H3,15,17,18,19)/t5-,6-,9-,10+/m1/s1. The Hall–Kier alpha value is -1.52. The fourth-order valence-electron chi connectivity index (χ4n) is 2.74. The van der Waals surface area contributed by atoms with Gasteiger partial charge in [0.1, 0.15) is 17.1 Å². The van der Waals surface area contributed by atoms with E-state index in [1.165, 1.54) is 11.3 Å². The number of nitrogens with zero attached hydrogens (tertiary/aromatic N) is 3. The average Bonchev–Trinajstić information content (AvgIpc) is 3.11. The van der Waals surface area contributed by atoms with Crippen LogP contribution < -0.4 is 11.1 Å². The molecule has 2 aromatic rings. The Labute approximate surface area is 141 Å². The molecule has 1 saturated carbocycles. The minimum absolute atomic E-state index is 0.0109. The van der Waals surface area contributed by atoms with Crippen molar-refractivity contribution in [2.45, 2.75) is 24.7 Å². The molecule has 1 fully saturated rings. The van der Waals surface area contributed by atoms with E-state index in [2.05, 4.69) is 20.3 Å². The average molecular weight is 358 g/mol. The molecule has 1 aliphatic rings. The zero-order valence-electron chi connectivity index (χ0n) is 11.9. The van der Waals surface area contributed by atoms with Crippen molar-refractivity contribution in [3.05, 3.63) is 16.0 Å². The molecule has 0 saturated heterocycles. The maximum absolute atomic E-state index is 10.1. The van der Waals surface area contributed by atoms with Crippen LogP contribution in [0.1, 0.15) is 6.42 Å². The number of thiazole rings is 1. The summed E-state index contributed by atoms with van der Waals surface area (Å²) in [6.45, 7) is -0.206. The number of aromatic nitrogens is 3. The van der Waals surface area contributed by atoms with Gasteiger partial charge in [0, 0.05) is 17.9 Å². The van der Waals surface area contributed by atoms with Crippen LogP contribution in [-0.4, -0.2) is 55.1 Å². The molecule has 0 amide bonds. The Balaban J connectivity index is 1.94. The van der Waals surface area contributed by atoms with Crippen molar-refractivity contribution in [2.24, 2.45) is 5.92 Å². The van der Waals surface area contributed by atoms with E-state index in [-0.39, 0.29) is 17.7 Å². The number of nitrogens with one attached hydrogen (secondary N) is 1. The van der Waals surface area contributed by atoms with Crippen molar-refractivity contribution in [1.82, 2.24) is 15.0 Å². The second-order valence-electron chi connectivity index (χ2n) is 5.38. The molecular formula is C13H16ClN5O3S. The van der Waals surface area contributed by atoms with E-state index >= 15 is 0 Å². The molecule has 3 rings (SSSR count). The third-order valence-corrected chi connectivity index (χ3v) is 4.79. The van der Waals surface area contributed by atoms with Gasteiger partial charge in [-0.15, -0.1) is 11.3 Å². The number of rotatable bonds is 4. The van der Waals surface area contributed by atoms with Crippen LogP contribution in [0.3, 0.4) is 0 Å². The number of anilines is 2. The van der Waals surface area contributed by atoms with Crippen molar-refractivity contribution < 1.29 is 15.3 Å². The molecule has 124 valence electrons. The molecule has 2 heterocycles. The van der Waals surface area contributed by atoms with Crippen LogP contribution in [0.4, 0.5) is 11.8 Å². The molecule has 2 aromatic heterocycles. The number of aliphatic hydroxyl groups excluding tert-OH is 3. The van der Waals surface area contributed by atoms with E-state index in [9.17, 15) is 15.3 Å². The first-order chi connectivity index (χ1) is 11.0. The van der Waals surface area contributed by atoms with Crippen molar-refractivity contribution in [1.29, 1.82) is 0 Å². The van der Waals surface area contributed by atoms with Gasteiger partial charge in [-0.1, -0.05) is 11.6 Å². The van der Waals surface area contributed by atoms with Gasteiger partial charge in [-0.3, -0.25) is 0 Å². The third-order valence-electron chi connectivity index (χ3n) is 3.93. The number of nitrogen functional groups attached to an aromatic ring is 1. The topological polar surface area (TPSA) is 137 Å². The van der Waals surface area contributed by atoms with E-state index in [1.54, 1.807) is 10.9 Å². The monoisotopic (exact) mass is 357 g/mol. The Morgan fingerprint density at radius 1 is 1.35 bits per heavy atom. The molecule has 0 radical (unpaired) electrons. The zero-order chi connectivity index (χ0) is 16.6. The van der Waals surface area contributed by atoms with Crippen LogP contribution in [0, 0.1) is 5.92 Å². The van der Waals surface area contributed by atoms with Gasteiger partial charge in [-0.05, 0) is 6.42 Å². The molecule has 0 bridgehead atoms. The lowest BCUT2D eigenvalue weighted by molar-refractivity contribution is 0.00446. The van der Waals surface area contributed by atoms with Crippen LogP contribution in [0.15, 0.2) is 10.9 Å². The molecule has 23 heavy (non-hydrogen) atoms. The van der Waals surface area contributed by atoms with Gasteiger partial charge in [-0.25, -0.2) is 9.97 Å². The Morgan fingerprint density at radius 2 is 2.13 bits per heavy atom. The highest BCUT2D eigenvalue weighted by molar-refractivity contribution is 7.07. The second-order valence-corrected chi connectivity index (χ2v) is 6.46. The first-order valence-electron chi connectivity index (χ1n) is 6.96. The highest BCUT2D eigenvalue weighted by atomic mass is 35.5. The summed E-state index contributed by atoms with van der Waals surface area (Å²) in [5, 5.41) is 34.3. The Morgan fingerprint density at radius 3 is 2.74 bits per heavy atom. The normalized spacial score (nSPS) is 27.3. The van der Waals surface area contributed by atoms with E-state index in [0.717, 1.165) is 0 Å². The van der Waals surface area contributed by atoms with Crippen LogP contribution in [0.2, 0.25) is 5.15 Å². The Kier molecular flexibility index (Phi) is 4.64. The number of halogens is 1. The molecule has 0 aliphatic heterocycles. The van der Waals surface area contributed by atoms with Crippen molar-refractivity contribution in [2.75, 3.05) is 17.7 Å². The minimum Gasteiger partial charge on any atom is -0.396 e. The van der Waals surface area contributed by atoms with Crippen molar-refractivity contribution >= 4 is 34.7 Å². The van der Waals surface area contributed by atoms with Crippen LogP contribution in [0.25, 0.3) is 11.3 Å².